The molecule has 0 saturated carbocycles. The molecule has 3 aromatic rings. The molecule has 1 aliphatic heterocycles. The van der Waals surface area contributed by atoms with Crippen LogP contribution in [-0.2, 0) is 0 Å². The van der Waals surface area contributed by atoms with E-state index >= 15 is 0 Å². The summed E-state index contributed by atoms with van der Waals surface area (Å²) < 4.78 is 43.9. The first kappa shape index (κ1) is 21.1. The van der Waals surface area contributed by atoms with Crippen molar-refractivity contribution >= 4 is 33.3 Å². The van der Waals surface area contributed by atoms with Crippen molar-refractivity contribution in [3.8, 4) is 16.7 Å². The Bertz CT molecular complexity index is 1100. The number of amides is 2. The van der Waals surface area contributed by atoms with Gasteiger partial charge in [0.1, 0.15) is 28.9 Å². The predicted molar refractivity (Wildman–Crippen MR) is 113 cm³/mol. The molecule has 0 aliphatic carbocycles. The maximum absolute atomic E-state index is 13.8. The second kappa shape index (κ2) is 8.93. The number of aromatic nitrogens is 1. The van der Waals surface area contributed by atoms with Crippen molar-refractivity contribution in [2.24, 2.45) is 0 Å². The fourth-order valence-electron chi connectivity index (χ4n) is 3.40. The molecule has 0 unspecified atom stereocenters. The number of hydrogen-bond donors (Lipinski definition) is 1. The minimum absolute atomic E-state index is 0.103. The third-order valence-electron chi connectivity index (χ3n) is 5.04. The first-order valence-electron chi connectivity index (χ1n) is 9.67. The van der Waals surface area contributed by atoms with Gasteiger partial charge in [-0.2, -0.15) is 4.98 Å². The van der Waals surface area contributed by atoms with Gasteiger partial charge in [0.05, 0.1) is 24.6 Å². The molecule has 164 valence electrons. The highest BCUT2D eigenvalue weighted by atomic mass is 32.1. The predicted octanol–water partition coefficient (Wildman–Crippen LogP) is 4.67. The number of benzene rings is 2. The summed E-state index contributed by atoms with van der Waals surface area (Å²) in [7, 11) is 3.08. The number of ether oxygens (including phenoxy) is 3. The van der Waals surface area contributed by atoms with Crippen molar-refractivity contribution in [1.82, 2.24) is 9.88 Å². The lowest BCUT2D eigenvalue weighted by atomic mass is 10.1. The number of nitrogens with one attached hydrogen (secondary N) is 1. The van der Waals surface area contributed by atoms with Crippen LogP contribution in [0.25, 0.3) is 10.2 Å². The van der Waals surface area contributed by atoms with Gasteiger partial charge in [-0.1, -0.05) is 11.3 Å². The Hall–Kier alpha value is -3.14. The third-order valence-corrected chi connectivity index (χ3v) is 5.93. The SMILES string of the molecule is COc1ccc(NC(=O)N2CCC(Oc3nc4c(F)cc(F)cc4s3)CC2)c(OC)c1. The zero-order chi connectivity index (χ0) is 22.0. The summed E-state index contributed by atoms with van der Waals surface area (Å²) in [5.41, 5.74) is 0.655. The van der Waals surface area contributed by atoms with Crippen molar-refractivity contribution in [3.05, 3.63) is 42.0 Å². The number of hydrogen-bond acceptors (Lipinski definition) is 6. The number of halogens is 2. The van der Waals surface area contributed by atoms with Gasteiger partial charge in [0.25, 0.3) is 5.19 Å². The third kappa shape index (κ3) is 4.63. The highest BCUT2D eigenvalue weighted by molar-refractivity contribution is 7.20. The normalized spacial score (nSPS) is 14.5. The van der Waals surface area contributed by atoms with E-state index in [-0.39, 0.29) is 17.7 Å². The zero-order valence-corrected chi connectivity index (χ0v) is 17.8. The van der Waals surface area contributed by atoms with Gasteiger partial charge in [-0.25, -0.2) is 13.6 Å². The van der Waals surface area contributed by atoms with Gasteiger partial charge in [0, 0.05) is 38.1 Å². The lowest BCUT2D eigenvalue weighted by Crippen LogP contribution is -2.43. The second-order valence-electron chi connectivity index (χ2n) is 7.01. The molecule has 0 spiro atoms. The molecule has 2 heterocycles. The lowest BCUT2D eigenvalue weighted by molar-refractivity contribution is 0.115. The number of rotatable bonds is 5. The minimum atomic E-state index is -0.707. The largest absolute Gasteiger partial charge is 0.497 e. The summed E-state index contributed by atoms with van der Waals surface area (Å²) in [5.74, 6) is -0.217. The highest BCUT2D eigenvalue weighted by Crippen LogP contribution is 2.32. The summed E-state index contributed by atoms with van der Waals surface area (Å²) in [6.45, 7) is 0.978. The quantitative estimate of drug-likeness (QED) is 0.613. The van der Waals surface area contributed by atoms with E-state index in [0.29, 0.717) is 53.0 Å². The molecule has 2 aromatic carbocycles. The number of anilines is 1. The summed E-state index contributed by atoms with van der Waals surface area (Å²) in [6.07, 6.45) is 1.04. The molecule has 0 bridgehead atoms. The van der Waals surface area contributed by atoms with Crippen LogP contribution in [-0.4, -0.2) is 49.3 Å². The van der Waals surface area contributed by atoms with E-state index in [9.17, 15) is 13.6 Å². The van der Waals surface area contributed by atoms with Crippen molar-refractivity contribution in [3.63, 3.8) is 0 Å². The molecule has 7 nitrogen and oxygen atoms in total. The van der Waals surface area contributed by atoms with Crippen LogP contribution in [0.5, 0.6) is 16.7 Å². The van der Waals surface area contributed by atoms with Crippen molar-refractivity contribution in [2.45, 2.75) is 18.9 Å². The molecule has 1 aromatic heterocycles. The fourth-order valence-corrected chi connectivity index (χ4v) is 4.32. The van der Waals surface area contributed by atoms with Crippen LogP contribution in [0.4, 0.5) is 19.3 Å². The van der Waals surface area contributed by atoms with E-state index in [1.165, 1.54) is 13.2 Å². The van der Waals surface area contributed by atoms with Gasteiger partial charge >= 0.3 is 6.03 Å². The van der Waals surface area contributed by atoms with Crippen molar-refractivity contribution in [2.75, 3.05) is 32.6 Å². The van der Waals surface area contributed by atoms with Crippen LogP contribution in [0, 0.1) is 11.6 Å². The van der Waals surface area contributed by atoms with Gasteiger partial charge < -0.3 is 24.4 Å². The van der Waals surface area contributed by atoms with Crippen LogP contribution < -0.4 is 19.5 Å². The van der Waals surface area contributed by atoms with Crippen LogP contribution in [0.1, 0.15) is 12.8 Å². The highest BCUT2D eigenvalue weighted by Gasteiger charge is 2.25. The summed E-state index contributed by atoms with van der Waals surface area (Å²) in [6, 6.07) is 6.97. The molecular formula is C21H21F2N3O4S. The van der Waals surface area contributed by atoms with E-state index in [1.807, 2.05) is 0 Å². The monoisotopic (exact) mass is 449 g/mol. The van der Waals surface area contributed by atoms with Crippen LogP contribution in [0.15, 0.2) is 30.3 Å². The number of carbonyl (C=O) groups excluding carboxylic acids is 1. The number of fused-ring (bicyclic) bond motifs is 1. The molecule has 1 saturated heterocycles. The van der Waals surface area contributed by atoms with E-state index < -0.39 is 11.6 Å². The number of carbonyl (C=O) groups is 1. The minimum Gasteiger partial charge on any atom is -0.497 e. The Labute approximate surface area is 181 Å². The molecule has 10 heteroatoms. The molecule has 0 radical (unpaired) electrons. The number of likely N-dealkylation sites (tertiary alicyclic amines) is 1. The average molecular weight is 449 g/mol. The Morgan fingerprint density at radius 2 is 1.94 bits per heavy atom. The number of nitrogens with zero attached hydrogens (tertiary/aromatic N) is 2. The van der Waals surface area contributed by atoms with E-state index in [0.717, 1.165) is 17.4 Å². The van der Waals surface area contributed by atoms with Crippen LogP contribution in [0.3, 0.4) is 0 Å². The summed E-state index contributed by atoms with van der Waals surface area (Å²) in [4.78, 5) is 18.5. The molecule has 4 rings (SSSR count). The maximum atomic E-state index is 13.8. The molecule has 0 atom stereocenters. The van der Waals surface area contributed by atoms with Crippen LogP contribution >= 0.6 is 11.3 Å². The van der Waals surface area contributed by atoms with Gasteiger partial charge in [-0.15, -0.1) is 0 Å². The number of piperidine rings is 1. The topological polar surface area (TPSA) is 72.9 Å². The zero-order valence-electron chi connectivity index (χ0n) is 17.0. The molecule has 31 heavy (non-hydrogen) atoms. The smallest absolute Gasteiger partial charge is 0.321 e. The van der Waals surface area contributed by atoms with E-state index in [4.69, 9.17) is 14.2 Å². The van der Waals surface area contributed by atoms with Gasteiger partial charge in [-0.3, -0.25) is 0 Å². The van der Waals surface area contributed by atoms with Gasteiger partial charge in [0.15, 0.2) is 5.82 Å². The fraction of sp³-hybridized carbons (Fsp3) is 0.333. The standard InChI is InChI=1S/C21H21F2N3O4S/c1-28-14-3-4-16(17(11-14)29-2)24-20(27)26-7-5-13(6-8-26)30-21-25-19-15(23)9-12(22)10-18(19)31-21/h3-4,9-11,13H,5-8H2,1-2H3,(H,24,27). The molecule has 1 N–H and O–H groups in total. The Balaban J connectivity index is 1.34. The second-order valence-corrected chi connectivity index (χ2v) is 8.01. The summed E-state index contributed by atoms with van der Waals surface area (Å²) >= 11 is 1.10. The average Bonchev–Trinajstić information content (AvgIpc) is 3.17. The number of methoxy groups -OCH3 is 2. The van der Waals surface area contributed by atoms with Gasteiger partial charge in [-0.05, 0) is 18.2 Å². The van der Waals surface area contributed by atoms with Crippen molar-refractivity contribution in [1.29, 1.82) is 0 Å². The Kier molecular flexibility index (Phi) is 6.08. The number of urea groups is 1. The van der Waals surface area contributed by atoms with Crippen LogP contribution in [0.2, 0.25) is 0 Å². The molecular weight excluding hydrogens is 428 g/mol. The van der Waals surface area contributed by atoms with Gasteiger partial charge in [0.2, 0.25) is 0 Å². The first-order chi connectivity index (χ1) is 15.0. The van der Waals surface area contributed by atoms with E-state index in [2.05, 4.69) is 10.3 Å². The van der Waals surface area contributed by atoms with Crippen molar-refractivity contribution < 1.29 is 27.8 Å². The Morgan fingerprint density at radius 3 is 2.65 bits per heavy atom. The Morgan fingerprint density at radius 1 is 1.16 bits per heavy atom. The molecule has 2 amide bonds. The molecule has 1 aliphatic rings. The van der Waals surface area contributed by atoms with E-state index in [1.54, 1.807) is 30.2 Å². The first-order valence-corrected chi connectivity index (χ1v) is 10.5. The lowest BCUT2D eigenvalue weighted by Gasteiger charge is -2.31. The molecule has 1 fully saturated rings. The maximum Gasteiger partial charge on any atom is 0.321 e. The summed E-state index contributed by atoms with van der Waals surface area (Å²) in [5, 5.41) is 3.15. The number of thiazole rings is 1.